The second kappa shape index (κ2) is 8.12. The van der Waals surface area contributed by atoms with Crippen LogP contribution in [0.1, 0.15) is 26.7 Å². The third kappa shape index (κ3) is 3.55. The first-order chi connectivity index (χ1) is 13.8. The second-order valence-corrected chi connectivity index (χ2v) is 6.18. The van der Waals surface area contributed by atoms with Gasteiger partial charge in [0, 0.05) is 23.4 Å². The van der Waals surface area contributed by atoms with Crippen LogP contribution < -0.4 is 9.47 Å². The lowest BCUT2D eigenvalue weighted by Gasteiger charge is -2.13. The van der Waals surface area contributed by atoms with E-state index < -0.39 is 0 Å². The zero-order chi connectivity index (χ0) is 19.3. The molecule has 4 rings (SSSR count). The molecular formula is C19H21N7O2. The van der Waals surface area contributed by atoms with Crippen LogP contribution in [-0.4, -0.2) is 49.1 Å². The summed E-state index contributed by atoms with van der Waals surface area (Å²) in [6.07, 6.45) is 7.25. The van der Waals surface area contributed by atoms with Gasteiger partial charge in [-0.05, 0) is 43.2 Å². The minimum atomic E-state index is 0.521. The van der Waals surface area contributed by atoms with Crippen molar-refractivity contribution in [1.29, 1.82) is 0 Å². The minimum Gasteiger partial charge on any atom is -0.490 e. The number of nitrogens with zero attached hydrogens (tertiary/aromatic N) is 7. The molecule has 0 atom stereocenters. The van der Waals surface area contributed by atoms with Gasteiger partial charge < -0.3 is 9.47 Å². The summed E-state index contributed by atoms with van der Waals surface area (Å²) in [6, 6.07) is 3.75. The largest absolute Gasteiger partial charge is 0.490 e. The smallest absolute Gasteiger partial charge is 0.201 e. The lowest BCUT2D eigenvalue weighted by Crippen LogP contribution is -2.14. The van der Waals surface area contributed by atoms with E-state index in [1.165, 1.54) is 6.33 Å². The molecule has 1 aromatic carbocycles. The molecule has 0 N–H and O–H groups in total. The molecule has 0 amide bonds. The van der Waals surface area contributed by atoms with E-state index >= 15 is 0 Å². The zero-order valence-electron chi connectivity index (χ0n) is 15.9. The van der Waals surface area contributed by atoms with Gasteiger partial charge in [-0.3, -0.25) is 4.99 Å². The van der Waals surface area contributed by atoms with E-state index in [1.807, 2.05) is 38.3 Å². The van der Waals surface area contributed by atoms with Crippen LogP contribution in [0.25, 0.3) is 22.4 Å². The van der Waals surface area contributed by atoms with E-state index in [-0.39, 0.29) is 0 Å². The van der Waals surface area contributed by atoms with Gasteiger partial charge in [0.05, 0.1) is 25.3 Å². The van der Waals surface area contributed by atoms with Crippen molar-refractivity contribution in [2.75, 3.05) is 13.2 Å². The van der Waals surface area contributed by atoms with Gasteiger partial charge in [0.1, 0.15) is 12.0 Å². The van der Waals surface area contributed by atoms with Crippen LogP contribution in [0.15, 0.2) is 35.7 Å². The van der Waals surface area contributed by atoms with Crippen LogP contribution >= 0.6 is 0 Å². The number of allylic oxidation sites excluding steroid dienone is 1. The number of hydrogen-bond acceptors (Lipinski definition) is 8. The maximum absolute atomic E-state index is 5.76. The van der Waals surface area contributed by atoms with E-state index in [2.05, 4.69) is 30.5 Å². The Morgan fingerprint density at radius 3 is 2.64 bits per heavy atom. The number of benzene rings is 1. The van der Waals surface area contributed by atoms with Gasteiger partial charge in [0.2, 0.25) is 5.82 Å². The highest BCUT2D eigenvalue weighted by atomic mass is 16.5. The van der Waals surface area contributed by atoms with Gasteiger partial charge in [0.15, 0.2) is 11.5 Å². The number of aliphatic imine (C=N–C) groups is 1. The average molecular weight is 379 g/mol. The number of tetrazole rings is 1. The molecule has 1 aliphatic rings. The summed E-state index contributed by atoms with van der Waals surface area (Å²) in [5, 5.41) is 13.0. The predicted octanol–water partition coefficient (Wildman–Crippen LogP) is 2.83. The third-order valence-corrected chi connectivity index (χ3v) is 4.34. The fourth-order valence-electron chi connectivity index (χ4n) is 3.10. The quantitative estimate of drug-likeness (QED) is 0.622. The number of rotatable bonds is 7. The normalized spacial score (nSPS) is 13.6. The molecule has 0 aliphatic carbocycles. The molecule has 3 heterocycles. The van der Waals surface area contributed by atoms with Gasteiger partial charge in [-0.25, -0.2) is 14.6 Å². The first kappa shape index (κ1) is 18.0. The van der Waals surface area contributed by atoms with Crippen molar-refractivity contribution in [3.05, 3.63) is 30.7 Å². The summed E-state index contributed by atoms with van der Waals surface area (Å²) >= 11 is 0. The molecule has 3 aromatic rings. The van der Waals surface area contributed by atoms with Gasteiger partial charge in [-0.15, -0.1) is 5.10 Å². The molecule has 0 radical (unpaired) electrons. The second-order valence-electron chi connectivity index (χ2n) is 6.18. The average Bonchev–Trinajstić information content (AvgIpc) is 3.17. The number of fused-ring (bicyclic) bond motifs is 1. The molecular weight excluding hydrogens is 358 g/mol. The Bertz CT molecular complexity index is 1040. The Balaban J connectivity index is 1.79. The summed E-state index contributed by atoms with van der Waals surface area (Å²) < 4.78 is 13.2. The maximum atomic E-state index is 5.76. The van der Waals surface area contributed by atoms with Gasteiger partial charge in [-0.2, -0.15) is 0 Å². The zero-order valence-corrected chi connectivity index (χ0v) is 15.9. The fraction of sp³-hybridized carbons (Fsp3) is 0.368. The predicted molar refractivity (Wildman–Crippen MR) is 104 cm³/mol. The van der Waals surface area contributed by atoms with Gasteiger partial charge in [-0.1, -0.05) is 6.08 Å². The standard InChI is InChI=1S/C19H21N7O2/c1-3-27-16-9-14-15(10-17(16)28-4-2)21-12-22-18(14)19-23-24-25-26(19)11-13-7-5-6-8-20-13/h6,8-10,12H,3-5,7,11H2,1-2H3. The summed E-state index contributed by atoms with van der Waals surface area (Å²) in [5.41, 5.74) is 2.42. The van der Waals surface area contributed by atoms with Crippen LogP contribution in [0.2, 0.25) is 0 Å². The van der Waals surface area contributed by atoms with Crippen LogP contribution in [0.3, 0.4) is 0 Å². The lowest BCUT2D eigenvalue weighted by molar-refractivity contribution is 0.288. The highest BCUT2D eigenvalue weighted by Crippen LogP contribution is 2.35. The summed E-state index contributed by atoms with van der Waals surface area (Å²) in [5.74, 6) is 1.87. The first-order valence-corrected chi connectivity index (χ1v) is 9.31. The molecule has 0 bridgehead atoms. The molecule has 28 heavy (non-hydrogen) atoms. The monoisotopic (exact) mass is 379 g/mol. The summed E-state index contributed by atoms with van der Waals surface area (Å²) in [7, 11) is 0. The SMILES string of the molecule is CCOc1cc2ncnc(-c3nnnn3CC3=NC=CCC3)c2cc1OCC. The molecule has 2 aromatic heterocycles. The van der Waals surface area contributed by atoms with E-state index in [0.29, 0.717) is 42.8 Å². The lowest BCUT2D eigenvalue weighted by atomic mass is 10.1. The van der Waals surface area contributed by atoms with Crippen LogP contribution in [0, 0.1) is 0 Å². The maximum Gasteiger partial charge on any atom is 0.201 e. The topological polar surface area (TPSA) is 100 Å². The van der Waals surface area contributed by atoms with Crippen molar-refractivity contribution in [3.8, 4) is 23.0 Å². The van der Waals surface area contributed by atoms with Crippen molar-refractivity contribution >= 4 is 16.6 Å². The molecule has 0 unspecified atom stereocenters. The highest BCUT2D eigenvalue weighted by Gasteiger charge is 2.18. The van der Waals surface area contributed by atoms with Crippen molar-refractivity contribution in [2.24, 2.45) is 4.99 Å². The fourth-order valence-corrected chi connectivity index (χ4v) is 3.10. The van der Waals surface area contributed by atoms with Crippen molar-refractivity contribution in [1.82, 2.24) is 30.2 Å². The molecule has 1 aliphatic heterocycles. The molecule has 0 saturated carbocycles. The van der Waals surface area contributed by atoms with Gasteiger partial charge in [0.25, 0.3) is 0 Å². The van der Waals surface area contributed by atoms with Gasteiger partial charge >= 0.3 is 0 Å². The first-order valence-electron chi connectivity index (χ1n) is 9.31. The third-order valence-electron chi connectivity index (χ3n) is 4.34. The molecule has 9 nitrogen and oxygen atoms in total. The summed E-state index contributed by atoms with van der Waals surface area (Å²) in [4.78, 5) is 13.3. The van der Waals surface area contributed by atoms with E-state index in [1.54, 1.807) is 4.68 Å². The molecule has 0 fully saturated rings. The molecule has 0 saturated heterocycles. The van der Waals surface area contributed by atoms with Crippen LogP contribution in [0.4, 0.5) is 0 Å². The Hall–Kier alpha value is -3.36. The van der Waals surface area contributed by atoms with Crippen LogP contribution in [0.5, 0.6) is 11.5 Å². The number of ether oxygens (including phenoxy) is 2. The molecule has 9 heteroatoms. The van der Waals surface area contributed by atoms with E-state index in [4.69, 9.17) is 9.47 Å². The van der Waals surface area contributed by atoms with Crippen molar-refractivity contribution in [3.63, 3.8) is 0 Å². The minimum absolute atomic E-state index is 0.521. The number of hydrogen-bond donors (Lipinski definition) is 0. The Kier molecular flexibility index (Phi) is 5.22. The summed E-state index contributed by atoms with van der Waals surface area (Å²) in [6.45, 7) is 5.45. The Morgan fingerprint density at radius 2 is 1.89 bits per heavy atom. The highest BCUT2D eigenvalue weighted by molar-refractivity contribution is 5.93. The van der Waals surface area contributed by atoms with Crippen molar-refractivity contribution in [2.45, 2.75) is 33.2 Å². The van der Waals surface area contributed by atoms with Crippen LogP contribution in [-0.2, 0) is 6.54 Å². The number of aromatic nitrogens is 6. The van der Waals surface area contributed by atoms with Crippen molar-refractivity contribution < 1.29 is 9.47 Å². The Labute approximate surface area is 162 Å². The van der Waals surface area contributed by atoms with E-state index in [0.717, 1.165) is 29.5 Å². The molecule has 0 spiro atoms. The molecule has 144 valence electrons. The Morgan fingerprint density at radius 1 is 1.07 bits per heavy atom. The van der Waals surface area contributed by atoms with E-state index in [9.17, 15) is 0 Å².